The Morgan fingerprint density at radius 2 is 2.04 bits per heavy atom. The summed E-state index contributed by atoms with van der Waals surface area (Å²) < 4.78 is 10.0. The van der Waals surface area contributed by atoms with Gasteiger partial charge in [-0.15, -0.1) is 11.8 Å². The number of hydrogen-bond donors (Lipinski definition) is 1. The van der Waals surface area contributed by atoms with Crippen LogP contribution in [0.25, 0.3) is 0 Å². The maximum Gasteiger partial charge on any atom is 0.408 e. The number of carbonyl (C=O) groups is 2. The maximum absolute atomic E-state index is 12.0. The Balaban J connectivity index is 2.24. The van der Waals surface area contributed by atoms with Gasteiger partial charge in [0.05, 0.1) is 23.7 Å². The van der Waals surface area contributed by atoms with Crippen molar-refractivity contribution in [1.82, 2.24) is 5.32 Å². The lowest BCUT2D eigenvalue weighted by Crippen LogP contribution is -2.36. The first-order chi connectivity index (χ1) is 10.7. The van der Waals surface area contributed by atoms with Crippen LogP contribution >= 0.6 is 23.4 Å². The van der Waals surface area contributed by atoms with Crippen molar-refractivity contribution in [2.75, 3.05) is 12.9 Å². The molecule has 0 aliphatic carbocycles. The van der Waals surface area contributed by atoms with Gasteiger partial charge in [0.15, 0.2) is 0 Å². The molecule has 7 heteroatoms. The molecule has 2 rings (SSSR count). The second-order valence-corrected chi connectivity index (χ2v) is 7.74. The number of esters is 1. The van der Waals surface area contributed by atoms with Crippen LogP contribution in [0.2, 0.25) is 5.02 Å². The van der Waals surface area contributed by atoms with Crippen molar-refractivity contribution in [3.63, 3.8) is 0 Å². The molecular weight excluding hydrogens is 338 g/mol. The van der Waals surface area contributed by atoms with Gasteiger partial charge in [-0.25, -0.2) is 9.59 Å². The van der Waals surface area contributed by atoms with Crippen molar-refractivity contribution in [3.8, 4) is 0 Å². The minimum absolute atomic E-state index is 0.190. The molecule has 1 aromatic rings. The van der Waals surface area contributed by atoms with Crippen molar-refractivity contribution in [2.24, 2.45) is 0 Å². The zero-order valence-electron chi connectivity index (χ0n) is 13.6. The number of methoxy groups -OCH3 is 1. The smallest absolute Gasteiger partial charge is 0.408 e. The Bertz CT molecular complexity index is 627. The molecular formula is C16H20ClNO4S. The maximum atomic E-state index is 12.0. The number of nitrogens with one attached hydrogen (secondary N) is 1. The van der Waals surface area contributed by atoms with Crippen LogP contribution in [-0.4, -0.2) is 30.5 Å². The lowest BCUT2D eigenvalue weighted by atomic mass is 10.0. The molecule has 1 aromatic carbocycles. The topological polar surface area (TPSA) is 64.6 Å². The summed E-state index contributed by atoms with van der Waals surface area (Å²) in [5.74, 6) is 0.357. The predicted octanol–water partition coefficient (Wildman–Crippen LogP) is 4.19. The molecule has 0 bridgehead atoms. The molecule has 1 heterocycles. The molecule has 23 heavy (non-hydrogen) atoms. The van der Waals surface area contributed by atoms with Crippen LogP contribution in [0.1, 0.15) is 49.2 Å². The number of rotatable bonds is 2. The van der Waals surface area contributed by atoms with Crippen molar-refractivity contribution in [1.29, 1.82) is 0 Å². The monoisotopic (exact) mass is 357 g/mol. The third kappa shape index (κ3) is 4.54. The summed E-state index contributed by atoms with van der Waals surface area (Å²) in [5.41, 5.74) is 0.672. The number of benzene rings is 1. The van der Waals surface area contributed by atoms with Gasteiger partial charge in [-0.1, -0.05) is 11.6 Å². The van der Waals surface area contributed by atoms with Crippen molar-refractivity contribution in [2.45, 2.75) is 43.7 Å². The number of fused-ring (bicyclic) bond motifs is 1. The quantitative estimate of drug-likeness (QED) is 0.804. The van der Waals surface area contributed by atoms with Crippen LogP contribution in [0.4, 0.5) is 4.79 Å². The molecule has 0 saturated heterocycles. The first-order valence-electron chi connectivity index (χ1n) is 7.25. The van der Waals surface area contributed by atoms with Crippen LogP contribution in [0, 0.1) is 0 Å². The zero-order valence-corrected chi connectivity index (χ0v) is 15.1. The van der Waals surface area contributed by atoms with E-state index in [2.05, 4.69) is 5.32 Å². The van der Waals surface area contributed by atoms with Gasteiger partial charge in [-0.05, 0) is 44.9 Å². The van der Waals surface area contributed by atoms with Crippen LogP contribution in [0.3, 0.4) is 0 Å². The minimum atomic E-state index is -0.553. The highest BCUT2D eigenvalue weighted by atomic mass is 35.5. The Labute approximate surface area is 145 Å². The normalized spacial score (nSPS) is 17.2. The third-order valence-electron chi connectivity index (χ3n) is 3.24. The van der Waals surface area contributed by atoms with E-state index in [4.69, 9.17) is 21.1 Å². The number of ether oxygens (including phenoxy) is 2. The summed E-state index contributed by atoms with van der Waals surface area (Å²) in [6.07, 6.45) is 0.304. The molecule has 0 fully saturated rings. The molecule has 1 N–H and O–H groups in total. The molecule has 0 radical (unpaired) electrons. The standard InChI is InChI=1S/C16H20ClNO4S/c1-16(2,3)22-15(20)18-12-5-6-23-13-8-9(14(19)21-4)11(17)7-10(12)13/h7-8,12H,5-6H2,1-4H3,(H,18,20)/t12-/m0/s1. The fourth-order valence-electron chi connectivity index (χ4n) is 2.27. The second-order valence-electron chi connectivity index (χ2n) is 6.20. The summed E-state index contributed by atoms with van der Waals surface area (Å²) in [6.45, 7) is 5.45. The summed E-state index contributed by atoms with van der Waals surface area (Å²) in [4.78, 5) is 24.6. The highest BCUT2D eigenvalue weighted by molar-refractivity contribution is 7.99. The highest BCUT2D eigenvalue weighted by Gasteiger charge is 2.27. The predicted molar refractivity (Wildman–Crippen MR) is 90.2 cm³/mol. The average Bonchev–Trinajstić information content (AvgIpc) is 2.44. The molecule has 0 saturated carbocycles. The van der Waals surface area contributed by atoms with Gasteiger partial charge in [0, 0.05) is 10.6 Å². The Morgan fingerprint density at radius 3 is 2.65 bits per heavy atom. The van der Waals surface area contributed by atoms with E-state index in [-0.39, 0.29) is 6.04 Å². The van der Waals surface area contributed by atoms with Gasteiger partial charge in [0.1, 0.15) is 5.60 Å². The lowest BCUT2D eigenvalue weighted by Gasteiger charge is -2.28. The van der Waals surface area contributed by atoms with Crippen LogP contribution in [0.15, 0.2) is 17.0 Å². The van der Waals surface area contributed by atoms with Gasteiger partial charge >= 0.3 is 12.1 Å². The minimum Gasteiger partial charge on any atom is -0.465 e. The van der Waals surface area contributed by atoms with E-state index in [1.165, 1.54) is 7.11 Å². The van der Waals surface area contributed by atoms with Crippen LogP contribution in [0.5, 0.6) is 0 Å². The van der Waals surface area contributed by atoms with E-state index in [1.54, 1.807) is 23.9 Å². The average molecular weight is 358 g/mol. The number of halogens is 1. The molecule has 1 aliphatic heterocycles. The second kappa shape index (κ2) is 7.01. The highest BCUT2D eigenvalue weighted by Crippen LogP contribution is 2.39. The Hall–Kier alpha value is -1.40. The summed E-state index contributed by atoms with van der Waals surface area (Å²) in [5, 5.41) is 3.19. The number of carbonyl (C=O) groups excluding carboxylic acids is 2. The molecule has 1 atom stereocenters. The molecule has 1 aliphatic rings. The zero-order chi connectivity index (χ0) is 17.2. The first-order valence-corrected chi connectivity index (χ1v) is 8.61. The van der Waals surface area contributed by atoms with E-state index >= 15 is 0 Å². The summed E-state index contributed by atoms with van der Waals surface area (Å²) in [6, 6.07) is 3.25. The molecule has 0 unspecified atom stereocenters. The molecule has 0 aromatic heterocycles. The van der Waals surface area contributed by atoms with Crippen LogP contribution in [-0.2, 0) is 9.47 Å². The van der Waals surface area contributed by atoms with E-state index in [1.807, 2.05) is 20.8 Å². The largest absolute Gasteiger partial charge is 0.465 e. The molecule has 126 valence electrons. The molecule has 5 nitrogen and oxygen atoms in total. The van der Waals surface area contributed by atoms with Gasteiger partial charge in [0.2, 0.25) is 0 Å². The van der Waals surface area contributed by atoms with Gasteiger partial charge in [-0.2, -0.15) is 0 Å². The fraction of sp³-hybridized carbons (Fsp3) is 0.500. The number of amides is 1. The Kier molecular flexibility index (Phi) is 5.47. The van der Waals surface area contributed by atoms with Gasteiger partial charge in [0.25, 0.3) is 0 Å². The fourth-order valence-corrected chi connectivity index (χ4v) is 3.67. The number of alkyl carbamates (subject to hydrolysis) is 1. The molecule has 0 spiro atoms. The lowest BCUT2D eigenvalue weighted by molar-refractivity contribution is 0.0500. The number of thioether (sulfide) groups is 1. The van der Waals surface area contributed by atoms with Crippen molar-refractivity contribution >= 4 is 35.4 Å². The van der Waals surface area contributed by atoms with Crippen LogP contribution < -0.4 is 5.32 Å². The van der Waals surface area contributed by atoms with Gasteiger partial charge < -0.3 is 14.8 Å². The SMILES string of the molecule is COC(=O)c1cc2c(cc1Cl)[C@@H](NC(=O)OC(C)(C)C)CCS2. The van der Waals surface area contributed by atoms with Crippen molar-refractivity contribution < 1.29 is 19.1 Å². The van der Waals surface area contributed by atoms with Crippen molar-refractivity contribution in [3.05, 3.63) is 28.3 Å². The van der Waals surface area contributed by atoms with E-state index in [0.717, 1.165) is 22.6 Å². The molecule has 1 amide bonds. The first kappa shape index (κ1) is 17.9. The third-order valence-corrected chi connectivity index (χ3v) is 4.65. The Morgan fingerprint density at radius 1 is 1.35 bits per heavy atom. The van der Waals surface area contributed by atoms with E-state index < -0.39 is 17.7 Å². The number of hydrogen-bond acceptors (Lipinski definition) is 5. The van der Waals surface area contributed by atoms with Gasteiger partial charge in [-0.3, -0.25) is 0 Å². The van der Waals surface area contributed by atoms with E-state index in [0.29, 0.717) is 10.6 Å². The van der Waals surface area contributed by atoms with E-state index in [9.17, 15) is 9.59 Å². The summed E-state index contributed by atoms with van der Waals surface area (Å²) in [7, 11) is 1.32. The summed E-state index contributed by atoms with van der Waals surface area (Å²) >= 11 is 7.81.